The number of hydrogen-bond acceptors (Lipinski definition) is 6. The standard InChI is InChI=1S/C13H14ClN5O2/c1-8(10-4-2-3-5-11(10)14)16-12-6-9(19(20)21)7-13(17-12)18-15/h2-8H,15H2,1H3,(H2,16,17,18). The number of nitrogens with zero attached hydrogens (tertiary/aromatic N) is 2. The van der Waals surface area contributed by atoms with Crippen molar-refractivity contribution in [3.8, 4) is 0 Å². The van der Waals surface area contributed by atoms with Crippen molar-refractivity contribution in [3.05, 3.63) is 57.1 Å². The fourth-order valence-electron chi connectivity index (χ4n) is 1.90. The smallest absolute Gasteiger partial charge is 0.276 e. The molecule has 0 aliphatic rings. The maximum absolute atomic E-state index is 10.9. The largest absolute Gasteiger partial charge is 0.363 e. The molecule has 0 bridgehead atoms. The Balaban J connectivity index is 2.28. The molecule has 0 saturated carbocycles. The number of aromatic nitrogens is 1. The van der Waals surface area contributed by atoms with Gasteiger partial charge in [0.15, 0.2) is 0 Å². The van der Waals surface area contributed by atoms with E-state index in [0.29, 0.717) is 10.8 Å². The Morgan fingerprint density at radius 2 is 2.00 bits per heavy atom. The predicted molar refractivity (Wildman–Crippen MR) is 82.2 cm³/mol. The molecule has 0 fully saturated rings. The second kappa shape index (κ2) is 6.38. The van der Waals surface area contributed by atoms with Crippen LogP contribution in [0.2, 0.25) is 5.02 Å². The summed E-state index contributed by atoms with van der Waals surface area (Å²) in [4.78, 5) is 14.5. The average Bonchev–Trinajstić information content (AvgIpc) is 2.47. The normalized spacial score (nSPS) is 11.8. The van der Waals surface area contributed by atoms with Gasteiger partial charge in [-0.05, 0) is 18.6 Å². The van der Waals surface area contributed by atoms with E-state index in [1.54, 1.807) is 6.07 Å². The van der Waals surface area contributed by atoms with Crippen LogP contribution in [0, 0.1) is 10.1 Å². The minimum atomic E-state index is -0.506. The Hall–Kier alpha value is -2.38. The molecule has 0 amide bonds. The summed E-state index contributed by atoms with van der Waals surface area (Å²) in [5, 5.41) is 14.6. The molecule has 0 saturated heterocycles. The molecule has 1 aromatic heterocycles. The summed E-state index contributed by atoms with van der Waals surface area (Å²) in [6.45, 7) is 1.89. The zero-order chi connectivity index (χ0) is 15.4. The summed E-state index contributed by atoms with van der Waals surface area (Å²) < 4.78 is 0. The highest BCUT2D eigenvalue weighted by Gasteiger charge is 2.14. The Bertz CT molecular complexity index is 665. The SMILES string of the molecule is CC(Nc1cc([N+](=O)[O-])cc(NN)n1)c1ccccc1Cl. The predicted octanol–water partition coefficient (Wildman–Crippen LogP) is 3.10. The van der Waals surface area contributed by atoms with Gasteiger partial charge in [-0.25, -0.2) is 10.8 Å². The van der Waals surface area contributed by atoms with E-state index in [0.717, 1.165) is 5.56 Å². The molecule has 1 unspecified atom stereocenters. The lowest BCUT2D eigenvalue weighted by Gasteiger charge is -2.16. The van der Waals surface area contributed by atoms with Crippen molar-refractivity contribution in [1.82, 2.24) is 4.98 Å². The van der Waals surface area contributed by atoms with Crippen LogP contribution in [0.25, 0.3) is 0 Å². The Kier molecular flexibility index (Phi) is 4.56. The minimum absolute atomic E-state index is 0.105. The first-order chi connectivity index (χ1) is 10.0. The molecule has 2 aromatic rings. The van der Waals surface area contributed by atoms with Gasteiger partial charge < -0.3 is 10.7 Å². The topological polar surface area (TPSA) is 106 Å². The molecule has 0 aliphatic carbocycles. The van der Waals surface area contributed by atoms with Gasteiger partial charge >= 0.3 is 0 Å². The number of hydrogen-bond donors (Lipinski definition) is 3. The Morgan fingerprint density at radius 1 is 1.33 bits per heavy atom. The lowest BCUT2D eigenvalue weighted by Crippen LogP contribution is -2.12. The van der Waals surface area contributed by atoms with Crippen molar-refractivity contribution in [2.75, 3.05) is 10.7 Å². The average molecular weight is 308 g/mol. The van der Waals surface area contributed by atoms with E-state index < -0.39 is 4.92 Å². The van der Waals surface area contributed by atoms with E-state index in [1.807, 2.05) is 25.1 Å². The summed E-state index contributed by atoms with van der Waals surface area (Å²) in [7, 11) is 0. The molecule has 0 aliphatic heterocycles. The highest BCUT2D eigenvalue weighted by Crippen LogP contribution is 2.27. The van der Waals surface area contributed by atoms with Crippen LogP contribution in [-0.4, -0.2) is 9.91 Å². The molecule has 1 atom stereocenters. The van der Waals surface area contributed by atoms with Crippen LogP contribution in [0.3, 0.4) is 0 Å². The number of hydrazine groups is 1. The van der Waals surface area contributed by atoms with E-state index >= 15 is 0 Å². The van der Waals surface area contributed by atoms with Crippen LogP contribution in [0.1, 0.15) is 18.5 Å². The van der Waals surface area contributed by atoms with Crippen molar-refractivity contribution in [3.63, 3.8) is 0 Å². The summed E-state index contributed by atoms with van der Waals surface area (Å²) in [6, 6.07) is 9.79. The fraction of sp³-hybridized carbons (Fsp3) is 0.154. The van der Waals surface area contributed by atoms with E-state index in [9.17, 15) is 10.1 Å². The first kappa shape index (κ1) is 15.0. The molecule has 110 valence electrons. The van der Waals surface area contributed by atoms with Gasteiger partial charge in [-0.1, -0.05) is 29.8 Å². The van der Waals surface area contributed by atoms with Crippen molar-refractivity contribution in [2.45, 2.75) is 13.0 Å². The molecular formula is C13H14ClN5O2. The van der Waals surface area contributed by atoms with Gasteiger partial charge in [-0.3, -0.25) is 10.1 Å². The van der Waals surface area contributed by atoms with E-state index in [2.05, 4.69) is 15.7 Å². The van der Waals surface area contributed by atoms with Crippen LogP contribution < -0.4 is 16.6 Å². The molecule has 7 nitrogen and oxygen atoms in total. The minimum Gasteiger partial charge on any atom is -0.363 e. The fourth-order valence-corrected chi connectivity index (χ4v) is 2.19. The zero-order valence-corrected chi connectivity index (χ0v) is 12.0. The van der Waals surface area contributed by atoms with Gasteiger partial charge in [0.25, 0.3) is 5.69 Å². The van der Waals surface area contributed by atoms with Gasteiger partial charge in [-0.15, -0.1) is 0 Å². The van der Waals surface area contributed by atoms with E-state index in [1.165, 1.54) is 12.1 Å². The molecule has 1 heterocycles. The molecule has 0 spiro atoms. The number of anilines is 2. The maximum Gasteiger partial charge on any atom is 0.276 e. The highest BCUT2D eigenvalue weighted by molar-refractivity contribution is 6.31. The highest BCUT2D eigenvalue weighted by atomic mass is 35.5. The molecule has 4 N–H and O–H groups in total. The van der Waals surface area contributed by atoms with Crippen LogP contribution in [0.4, 0.5) is 17.3 Å². The summed E-state index contributed by atoms with van der Waals surface area (Å²) in [5.41, 5.74) is 3.07. The number of benzene rings is 1. The lowest BCUT2D eigenvalue weighted by molar-refractivity contribution is -0.384. The van der Waals surface area contributed by atoms with E-state index in [-0.39, 0.29) is 17.5 Å². The first-order valence-electron chi connectivity index (χ1n) is 6.15. The number of nitro groups is 1. The van der Waals surface area contributed by atoms with Crippen LogP contribution >= 0.6 is 11.6 Å². The third-order valence-corrected chi connectivity index (χ3v) is 3.25. The maximum atomic E-state index is 10.9. The second-order valence-electron chi connectivity index (χ2n) is 4.38. The molecule has 2 rings (SSSR count). The first-order valence-corrected chi connectivity index (χ1v) is 6.53. The number of halogens is 1. The molecular weight excluding hydrogens is 294 g/mol. The van der Waals surface area contributed by atoms with Gasteiger partial charge in [0.1, 0.15) is 11.6 Å². The van der Waals surface area contributed by atoms with Crippen molar-refractivity contribution in [1.29, 1.82) is 0 Å². The van der Waals surface area contributed by atoms with Gasteiger partial charge in [0, 0.05) is 5.02 Å². The van der Waals surface area contributed by atoms with Gasteiger partial charge in [0.05, 0.1) is 23.1 Å². The monoisotopic (exact) mass is 307 g/mol. The number of rotatable bonds is 5. The van der Waals surface area contributed by atoms with Crippen molar-refractivity contribution < 1.29 is 4.92 Å². The molecule has 8 heteroatoms. The van der Waals surface area contributed by atoms with E-state index in [4.69, 9.17) is 17.4 Å². The van der Waals surface area contributed by atoms with Crippen molar-refractivity contribution >= 4 is 28.9 Å². The Morgan fingerprint density at radius 3 is 2.62 bits per heavy atom. The van der Waals surface area contributed by atoms with Gasteiger partial charge in [0.2, 0.25) is 0 Å². The zero-order valence-electron chi connectivity index (χ0n) is 11.2. The summed E-state index contributed by atoms with van der Waals surface area (Å²) in [6.07, 6.45) is 0. The van der Waals surface area contributed by atoms with Crippen LogP contribution in [0.5, 0.6) is 0 Å². The summed E-state index contributed by atoms with van der Waals surface area (Å²) in [5.74, 6) is 5.81. The quantitative estimate of drug-likeness (QED) is 0.445. The molecule has 0 radical (unpaired) electrons. The molecule has 1 aromatic carbocycles. The lowest BCUT2D eigenvalue weighted by atomic mass is 10.1. The second-order valence-corrected chi connectivity index (χ2v) is 4.79. The number of pyridine rings is 1. The third-order valence-electron chi connectivity index (χ3n) is 2.90. The third kappa shape index (κ3) is 3.59. The number of nitrogen functional groups attached to an aromatic ring is 1. The van der Waals surface area contributed by atoms with Crippen molar-refractivity contribution in [2.24, 2.45) is 5.84 Å². The number of nitrogens with two attached hydrogens (primary N) is 1. The molecule has 21 heavy (non-hydrogen) atoms. The Labute approximate surface area is 126 Å². The van der Waals surface area contributed by atoms with Crippen LogP contribution in [-0.2, 0) is 0 Å². The van der Waals surface area contributed by atoms with Gasteiger partial charge in [-0.2, -0.15) is 0 Å². The van der Waals surface area contributed by atoms with Crippen LogP contribution in [0.15, 0.2) is 36.4 Å². The number of nitrogens with one attached hydrogen (secondary N) is 2. The summed E-state index contributed by atoms with van der Waals surface area (Å²) >= 11 is 6.12.